The van der Waals surface area contributed by atoms with Crippen LogP contribution in [0.3, 0.4) is 0 Å². The highest BCUT2D eigenvalue weighted by molar-refractivity contribution is 7.22. The highest BCUT2D eigenvalue weighted by atomic mass is 32.1. The molecule has 0 atom stereocenters. The SMILES string of the molecule is O=Cc1ccc(-c2cc3nccc(Oc4ccc(NC(=O)CC(=O)Nc5ccc(F)cc5)cc4F)c3s2)nc1. The van der Waals surface area contributed by atoms with E-state index >= 15 is 0 Å². The molecule has 39 heavy (non-hydrogen) atoms. The smallest absolute Gasteiger partial charge is 0.233 e. The van der Waals surface area contributed by atoms with Gasteiger partial charge in [0.05, 0.1) is 20.8 Å². The molecule has 0 aliphatic carbocycles. The third kappa shape index (κ3) is 6.11. The van der Waals surface area contributed by atoms with E-state index < -0.39 is 29.9 Å². The Hall–Kier alpha value is -5.03. The quantitative estimate of drug-likeness (QED) is 0.178. The zero-order valence-corrected chi connectivity index (χ0v) is 20.8. The van der Waals surface area contributed by atoms with Crippen LogP contribution in [0.15, 0.2) is 79.1 Å². The van der Waals surface area contributed by atoms with E-state index in [9.17, 15) is 23.2 Å². The van der Waals surface area contributed by atoms with Crippen LogP contribution in [-0.2, 0) is 9.59 Å². The third-order valence-electron chi connectivity index (χ3n) is 5.44. The topological polar surface area (TPSA) is 110 Å². The van der Waals surface area contributed by atoms with Crippen molar-refractivity contribution in [1.82, 2.24) is 9.97 Å². The summed E-state index contributed by atoms with van der Waals surface area (Å²) in [6.45, 7) is 0. The number of carbonyl (C=O) groups is 3. The summed E-state index contributed by atoms with van der Waals surface area (Å²) in [7, 11) is 0. The highest BCUT2D eigenvalue weighted by Crippen LogP contribution is 2.39. The summed E-state index contributed by atoms with van der Waals surface area (Å²) in [5.74, 6) is -2.12. The first kappa shape index (κ1) is 25.6. The van der Waals surface area contributed by atoms with Crippen molar-refractivity contribution in [1.29, 1.82) is 0 Å². The maximum absolute atomic E-state index is 14.9. The van der Waals surface area contributed by atoms with E-state index in [0.717, 1.165) is 10.9 Å². The minimum absolute atomic E-state index is 0.0713. The molecule has 0 saturated carbocycles. The first-order valence-electron chi connectivity index (χ1n) is 11.5. The Kier molecular flexibility index (Phi) is 7.32. The molecule has 194 valence electrons. The summed E-state index contributed by atoms with van der Waals surface area (Å²) in [6.07, 6.45) is 3.22. The number of carbonyl (C=O) groups excluding carboxylic acids is 3. The standard InChI is InChI=1S/C28H18F2N4O4S/c29-17-2-4-18(5-3-17)33-26(36)13-27(37)34-19-6-8-23(20(30)11-19)38-24-9-10-31-22-12-25(39-28(22)24)21-7-1-16(15-35)14-32-21/h1-12,14-15H,13H2,(H,33,36)(H,34,37). The number of benzene rings is 2. The molecule has 5 rings (SSSR count). The van der Waals surface area contributed by atoms with Crippen LogP contribution in [0, 0.1) is 11.6 Å². The number of nitrogens with zero attached hydrogens (tertiary/aromatic N) is 2. The Morgan fingerprint density at radius 2 is 1.62 bits per heavy atom. The van der Waals surface area contributed by atoms with Crippen molar-refractivity contribution in [3.63, 3.8) is 0 Å². The van der Waals surface area contributed by atoms with Crippen molar-refractivity contribution in [2.75, 3.05) is 10.6 Å². The largest absolute Gasteiger partial charge is 0.453 e. The number of halogens is 2. The average molecular weight is 545 g/mol. The molecule has 0 spiro atoms. The van der Waals surface area contributed by atoms with E-state index in [1.807, 2.05) is 6.07 Å². The van der Waals surface area contributed by atoms with Crippen molar-refractivity contribution in [3.8, 4) is 22.1 Å². The summed E-state index contributed by atoms with van der Waals surface area (Å²) in [4.78, 5) is 44.6. The van der Waals surface area contributed by atoms with Gasteiger partial charge in [0.2, 0.25) is 11.8 Å². The number of amides is 2. The number of aldehydes is 1. The van der Waals surface area contributed by atoms with Gasteiger partial charge in [-0.2, -0.15) is 0 Å². The molecule has 2 N–H and O–H groups in total. The summed E-state index contributed by atoms with van der Waals surface area (Å²) in [6, 6.07) is 15.8. The maximum Gasteiger partial charge on any atom is 0.233 e. The summed E-state index contributed by atoms with van der Waals surface area (Å²) in [5, 5.41) is 4.95. The van der Waals surface area contributed by atoms with Gasteiger partial charge in [-0.1, -0.05) is 0 Å². The Morgan fingerprint density at radius 3 is 2.31 bits per heavy atom. The lowest BCUT2D eigenvalue weighted by atomic mass is 10.2. The van der Waals surface area contributed by atoms with Gasteiger partial charge in [0.15, 0.2) is 17.9 Å². The van der Waals surface area contributed by atoms with E-state index in [4.69, 9.17) is 4.74 Å². The molecule has 0 radical (unpaired) electrons. The molecule has 3 heterocycles. The molecular weight excluding hydrogens is 526 g/mol. The summed E-state index contributed by atoms with van der Waals surface area (Å²) < 4.78 is 34.4. The molecule has 0 unspecified atom stereocenters. The van der Waals surface area contributed by atoms with Crippen LogP contribution in [0.1, 0.15) is 16.8 Å². The van der Waals surface area contributed by atoms with Crippen LogP contribution >= 0.6 is 11.3 Å². The van der Waals surface area contributed by atoms with E-state index in [1.165, 1.54) is 53.9 Å². The zero-order chi connectivity index (χ0) is 27.4. The molecule has 5 aromatic rings. The minimum Gasteiger partial charge on any atom is -0.453 e. The van der Waals surface area contributed by atoms with Crippen molar-refractivity contribution in [2.24, 2.45) is 0 Å². The fourth-order valence-electron chi connectivity index (χ4n) is 3.61. The van der Waals surface area contributed by atoms with Gasteiger partial charge in [-0.05, 0) is 54.6 Å². The van der Waals surface area contributed by atoms with Gasteiger partial charge in [0.25, 0.3) is 0 Å². The first-order chi connectivity index (χ1) is 18.9. The minimum atomic E-state index is -0.726. The first-order valence-corrected chi connectivity index (χ1v) is 12.3. The molecule has 2 amide bonds. The van der Waals surface area contributed by atoms with Crippen molar-refractivity contribution in [2.45, 2.75) is 6.42 Å². The molecule has 8 nitrogen and oxygen atoms in total. The predicted molar refractivity (Wildman–Crippen MR) is 143 cm³/mol. The number of hydrogen-bond donors (Lipinski definition) is 2. The highest BCUT2D eigenvalue weighted by Gasteiger charge is 2.15. The van der Waals surface area contributed by atoms with Crippen LogP contribution in [-0.4, -0.2) is 28.1 Å². The number of nitrogens with one attached hydrogen (secondary N) is 2. The van der Waals surface area contributed by atoms with Crippen molar-refractivity contribution in [3.05, 3.63) is 96.3 Å². The monoisotopic (exact) mass is 544 g/mol. The number of rotatable bonds is 8. The van der Waals surface area contributed by atoms with E-state index in [2.05, 4.69) is 20.6 Å². The fraction of sp³-hybridized carbons (Fsp3) is 0.0357. The van der Waals surface area contributed by atoms with Crippen LogP contribution in [0.5, 0.6) is 11.5 Å². The second kappa shape index (κ2) is 11.2. The molecule has 11 heteroatoms. The third-order valence-corrected chi connectivity index (χ3v) is 6.60. The predicted octanol–water partition coefficient (Wildman–Crippen LogP) is 6.21. The van der Waals surface area contributed by atoms with Crippen molar-refractivity contribution < 1.29 is 27.9 Å². The number of aromatic nitrogens is 2. The van der Waals surface area contributed by atoms with Crippen LogP contribution in [0.4, 0.5) is 20.2 Å². The molecule has 3 aromatic heterocycles. The summed E-state index contributed by atoms with van der Waals surface area (Å²) in [5.41, 5.74) is 2.24. The number of hydrogen-bond acceptors (Lipinski definition) is 7. The van der Waals surface area contributed by atoms with Gasteiger partial charge < -0.3 is 15.4 Å². The lowest BCUT2D eigenvalue weighted by Gasteiger charge is -2.10. The van der Waals surface area contributed by atoms with Gasteiger partial charge in [-0.15, -0.1) is 11.3 Å². The molecule has 0 fully saturated rings. The second-order valence-corrected chi connectivity index (χ2v) is 9.31. The fourth-order valence-corrected chi connectivity index (χ4v) is 4.65. The molecule has 0 aliphatic rings. The molecular formula is C28H18F2N4O4S. The molecule has 2 aromatic carbocycles. The average Bonchev–Trinajstić information content (AvgIpc) is 3.37. The van der Waals surface area contributed by atoms with Crippen LogP contribution < -0.4 is 15.4 Å². The second-order valence-electron chi connectivity index (χ2n) is 8.26. The Morgan fingerprint density at radius 1 is 0.872 bits per heavy atom. The van der Waals surface area contributed by atoms with Crippen LogP contribution in [0.25, 0.3) is 20.8 Å². The molecule has 0 aliphatic heterocycles. The molecule has 0 bridgehead atoms. The number of ether oxygens (including phenoxy) is 1. The van der Waals surface area contributed by atoms with Crippen LogP contribution in [0.2, 0.25) is 0 Å². The Balaban J connectivity index is 1.26. The number of thiophene rings is 1. The van der Waals surface area contributed by atoms with Gasteiger partial charge >= 0.3 is 0 Å². The zero-order valence-electron chi connectivity index (χ0n) is 20.0. The Labute approximate surface area is 224 Å². The number of pyridine rings is 2. The maximum atomic E-state index is 14.9. The summed E-state index contributed by atoms with van der Waals surface area (Å²) >= 11 is 1.36. The number of fused-ring (bicyclic) bond motifs is 1. The lowest BCUT2D eigenvalue weighted by Crippen LogP contribution is -2.21. The van der Waals surface area contributed by atoms with E-state index in [-0.39, 0.29) is 11.4 Å². The normalized spacial score (nSPS) is 10.7. The molecule has 0 saturated heterocycles. The Bertz CT molecular complexity index is 1690. The van der Waals surface area contributed by atoms with E-state index in [1.54, 1.807) is 24.4 Å². The van der Waals surface area contributed by atoms with Gasteiger partial charge in [-0.3, -0.25) is 24.4 Å². The lowest BCUT2D eigenvalue weighted by molar-refractivity contribution is -0.123. The van der Waals surface area contributed by atoms with Gasteiger partial charge in [-0.25, -0.2) is 8.78 Å². The van der Waals surface area contributed by atoms with Gasteiger partial charge in [0, 0.05) is 41.5 Å². The van der Waals surface area contributed by atoms with Crippen molar-refractivity contribution >= 4 is 51.0 Å². The van der Waals surface area contributed by atoms with E-state index in [0.29, 0.717) is 39.2 Å². The number of anilines is 2. The van der Waals surface area contributed by atoms with Gasteiger partial charge in [0.1, 0.15) is 18.0 Å².